The maximum Gasteiger partial charge on any atom is 0.276 e. The predicted octanol–water partition coefficient (Wildman–Crippen LogP) is 0.547. The van der Waals surface area contributed by atoms with Crippen LogP contribution in [0.5, 0.6) is 5.75 Å². The number of rotatable bonds is 3. The van der Waals surface area contributed by atoms with Gasteiger partial charge in [0.25, 0.3) is 5.91 Å². The highest BCUT2D eigenvalue weighted by molar-refractivity contribution is 7.80. The maximum absolute atomic E-state index is 11.3. The molecule has 6 heteroatoms. The minimum absolute atomic E-state index is 0.00502. The molecule has 0 radical (unpaired) electrons. The lowest BCUT2D eigenvalue weighted by Gasteiger charge is -2.12. The molecule has 0 aliphatic rings. The summed E-state index contributed by atoms with van der Waals surface area (Å²) in [6, 6.07) is 5.78. The highest BCUT2D eigenvalue weighted by atomic mass is 32.1. The minimum atomic E-state index is -0.347. The first-order valence-electron chi connectivity index (χ1n) is 5.04. The summed E-state index contributed by atoms with van der Waals surface area (Å²) in [4.78, 5) is 11.3. The van der Waals surface area contributed by atoms with Crippen LogP contribution in [0.15, 0.2) is 18.2 Å². The van der Waals surface area contributed by atoms with Crippen molar-refractivity contribution in [3.8, 4) is 5.75 Å². The highest BCUT2D eigenvalue weighted by Crippen LogP contribution is 2.21. The second-order valence-electron chi connectivity index (χ2n) is 3.55. The maximum atomic E-state index is 11.3. The van der Waals surface area contributed by atoms with Crippen molar-refractivity contribution in [3.05, 3.63) is 29.3 Å². The molecule has 4 N–H and O–H groups in total. The number of thiocarbonyl (C=S) groups is 1. The van der Waals surface area contributed by atoms with Crippen LogP contribution in [-0.4, -0.2) is 17.6 Å². The Balaban J connectivity index is 2.50. The van der Waals surface area contributed by atoms with Crippen molar-refractivity contribution in [2.75, 3.05) is 6.61 Å². The molecule has 0 spiro atoms. The van der Waals surface area contributed by atoms with Crippen LogP contribution in [0.3, 0.4) is 0 Å². The number of ether oxygens (including phenoxy) is 1. The van der Waals surface area contributed by atoms with Crippen LogP contribution in [-0.2, 0) is 4.79 Å². The SMILES string of the molecule is Cc1cccc(C)c1OCC(=O)NNC(N)=S. The topological polar surface area (TPSA) is 76.4 Å². The molecule has 0 aliphatic carbocycles. The van der Waals surface area contributed by atoms with Crippen molar-refractivity contribution in [1.29, 1.82) is 0 Å². The summed E-state index contributed by atoms with van der Waals surface area (Å²) in [5, 5.41) is 0.00502. The van der Waals surface area contributed by atoms with Crippen LogP contribution in [0, 0.1) is 13.8 Å². The van der Waals surface area contributed by atoms with Gasteiger partial charge >= 0.3 is 0 Å². The Hall–Kier alpha value is -1.82. The van der Waals surface area contributed by atoms with Gasteiger partial charge in [-0.2, -0.15) is 0 Å². The molecule has 0 unspecified atom stereocenters. The summed E-state index contributed by atoms with van der Waals surface area (Å²) in [7, 11) is 0. The molecule has 92 valence electrons. The van der Waals surface area contributed by atoms with Gasteiger partial charge in [0.15, 0.2) is 11.7 Å². The van der Waals surface area contributed by atoms with Crippen molar-refractivity contribution >= 4 is 23.2 Å². The number of carbonyl (C=O) groups is 1. The van der Waals surface area contributed by atoms with Crippen molar-refractivity contribution in [2.24, 2.45) is 5.73 Å². The average molecular weight is 253 g/mol. The third-order valence-corrected chi connectivity index (χ3v) is 2.18. The van der Waals surface area contributed by atoms with Gasteiger partial charge in [-0.3, -0.25) is 15.6 Å². The molecule has 1 aromatic rings. The average Bonchev–Trinajstić information content (AvgIpc) is 2.25. The van der Waals surface area contributed by atoms with Crippen LogP contribution < -0.4 is 21.3 Å². The second kappa shape index (κ2) is 6.05. The van der Waals surface area contributed by atoms with E-state index in [9.17, 15) is 4.79 Å². The largest absolute Gasteiger partial charge is 0.483 e. The van der Waals surface area contributed by atoms with E-state index in [1.807, 2.05) is 32.0 Å². The fourth-order valence-corrected chi connectivity index (χ4v) is 1.38. The van der Waals surface area contributed by atoms with Crippen LogP contribution in [0.1, 0.15) is 11.1 Å². The zero-order valence-electron chi connectivity index (χ0n) is 9.74. The molecule has 0 saturated heterocycles. The number of benzene rings is 1. The Bertz CT molecular complexity index is 414. The summed E-state index contributed by atoms with van der Waals surface area (Å²) in [5.74, 6) is 0.374. The van der Waals surface area contributed by atoms with Crippen LogP contribution in [0.25, 0.3) is 0 Å². The number of carbonyl (C=O) groups excluding carboxylic acids is 1. The van der Waals surface area contributed by atoms with Crippen LogP contribution >= 0.6 is 12.2 Å². The molecule has 0 fully saturated rings. The summed E-state index contributed by atoms with van der Waals surface area (Å²) in [6.07, 6.45) is 0. The molecule has 0 heterocycles. The lowest BCUT2D eigenvalue weighted by atomic mass is 10.1. The highest BCUT2D eigenvalue weighted by Gasteiger charge is 2.06. The molecule has 5 nitrogen and oxygen atoms in total. The van der Waals surface area contributed by atoms with E-state index in [2.05, 4.69) is 23.1 Å². The molecule has 1 rings (SSSR count). The second-order valence-corrected chi connectivity index (χ2v) is 3.99. The van der Waals surface area contributed by atoms with Crippen molar-refractivity contribution < 1.29 is 9.53 Å². The van der Waals surface area contributed by atoms with Gasteiger partial charge in [0, 0.05) is 0 Å². The number of nitrogens with one attached hydrogen (secondary N) is 2. The van der Waals surface area contributed by atoms with Gasteiger partial charge in [-0.05, 0) is 37.2 Å². The van der Waals surface area contributed by atoms with Gasteiger partial charge in [-0.25, -0.2) is 0 Å². The molecule has 0 saturated carbocycles. The number of nitrogens with two attached hydrogens (primary N) is 1. The smallest absolute Gasteiger partial charge is 0.276 e. The van der Waals surface area contributed by atoms with E-state index in [0.29, 0.717) is 0 Å². The fourth-order valence-electron chi connectivity index (χ4n) is 1.33. The first-order chi connectivity index (χ1) is 8.00. The third-order valence-electron chi connectivity index (χ3n) is 2.08. The Kier molecular flexibility index (Phi) is 4.71. The van der Waals surface area contributed by atoms with Gasteiger partial charge in [0.1, 0.15) is 5.75 Å². The molecular formula is C11H15N3O2S. The first-order valence-corrected chi connectivity index (χ1v) is 5.45. The van der Waals surface area contributed by atoms with E-state index in [-0.39, 0.29) is 17.6 Å². The first kappa shape index (κ1) is 13.2. The number of hydrogen-bond donors (Lipinski definition) is 3. The number of aryl methyl sites for hydroxylation is 2. The molecule has 0 aliphatic heterocycles. The molecule has 17 heavy (non-hydrogen) atoms. The number of para-hydroxylation sites is 1. The van der Waals surface area contributed by atoms with Gasteiger partial charge in [-0.15, -0.1) is 0 Å². The predicted molar refractivity (Wildman–Crippen MR) is 69.5 cm³/mol. The monoisotopic (exact) mass is 253 g/mol. The number of hydrogen-bond acceptors (Lipinski definition) is 3. The van der Waals surface area contributed by atoms with Crippen LogP contribution in [0.4, 0.5) is 0 Å². The lowest BCUT2D eigenvalue weighted by molar-refractivity contribution is -0.123. The third kappa shape index (κ3) is 4.28. The number of amides is 1. The summed E-state index contributed by atoms with van der Waals surface area (Å²) < 4.78 is 5.43. The Morgan fingerprint density at radius 3 is 2.47 bits per heavy atom. The molecule has 1 aromatic carbocycles. The molecule has 0 atom stereocenters. The van der Waals surface area contributed by atoms with E-state index < -0.39 is 0 Å². The molecule has 0 bridgehead atoms. The quantitative estimate of drug-likeness (QED) is 0.541. The Morgan fingerprint density at radius 1 is 1.35 bits per heavy atom. The zero-order chi connectivity index (χ0) is 12.8. The van der Waals surface area contributed by atoms with E-state index in [1.165, 1.54) is 0 Å². The van der Waals surface area contributed by atoms with E-state index in [1.54, 1.807) is 0 Å². The van der Waals surface area contributed by atoms with Crippen molar-refractivity contribution in [3.63, 3.8) is 0 Å². The van der Waals surface area contributed by atoms with E-state index >= 15 is 0 Å². The lowest BCUT2D eigenvalue weighted by Crippen LogP contribution is -2.46. The number of hydrazine groups is 1. The molecular weight excluding hydrogens is 238 g/mol. The van der Waals surface area contributed by atoms with E-state index in [0.717, 1.165) is 16.9 Å². The summed E-state index contributed by atoms with van der Waals surface area (Å²) >= 11 is 4.54. The fraction of sp³-hybridized carbons (Fsp3) is 0.273. The van der Waals surface area contributed by atoms with Gasteiger partial charge < -0.3 is 10.5 Å². The molecule has 0 aromatic heterocycles. The van der Waals surface area contributed by atoms with Crippen LogP contribution in [0.2, 0.25) is 0 Å². The Morgan fingerprint density at radius 2 is 1.94 bits per heavy atom. The van der Waals surface area contributed by atoms with Gasteiger partial charge in [-0.1, -0.05) is 18.2 Å². The standard InChI is InChI=1S/C11H15N3O2S/c1-7-4-3-5-8(2)10(7)16-6-9(15)13-14-11(12)17/h3-5H,6H2,1-2H3,(H,13,15)(H3,12,14,17). The normalized spacial score (nSPS) is 9.53. The van der Waals surface area contributed by atoms with Crippen molar-refractivity contribution in [1.82, 2.24) is 10.9 Å². The Labute approximate surface area is 105 Å². The van der Waals surface area contributed by atoms with Gasteiger partial charge in [0.05, 0.1) is 0 Å². The van der Waals surface area contributed by atoms with Crippen molar-refractivity contribution in [2.45, 2.75) is 13.8 Å². The minimum Gasteiger partial charge on any atom is -0.483 e. The summed E-state index contributed by atoms with van der Waals surface area (Å²) in [6.45, 7) is 3.75. The van der Waals surface area contributed by atoms with Gasteiger partial charge in [0.2, 0.25) is 0 Å². The summed E-state index contributed by atoms with van der Waals surface area (Å²) in [5.41, 5.74) is 11.8. The molecule has 1 amide bonds. The van der Waals surface area contributed by atoms with E-state index in [4.69, 9.17) is 10.5 Å². The zero-order valence-corrected chi connectivity index (χ0v) is 10.6.